The summed E-state index contributed by atoms with van der Waals surface area (Å²) in [6.45, 7) is 10.1. The smallest absolute Gasteiger partial charge is 0.410 e. The van der Waals surface area contributed by atoms with Crippen LogP contribution in [0.15, 0.2) is 0 Å². The van der Waals surface area contributed by atoms with E-state index >= 15 is 0 Å². The maximum Gasteiger partial charge on any atom is 0.410 e. The van der Waals surface area contributed by atoms with Gasteiger partial charge in [0.2, 0.25) is 0 Å². The van der Waals surface area contributed by atoms with Crippen LogP contribution in [-0.4, -0.2) is 48.0 Å². The molecule has 0 aliphatic carbocycles. The second-order valence-electron chi connectivity index (χ2n) is 7.06. The number of esters is 1. The standard InChI is InChI=1S/C17H29NO5/c1-6-22-15(20)14(12(2)19)11-13-7-9-18(10-8-13)16(21)23-17(3,4)5/h13-14H,6-11H2,1-5H3. The highest BCUT2D eigenvalue weighted by Crippen LogP contribution is 2.26. The van der Waals surface area contributed by atoms with E-state index in [0.29, 0.717) is 19.5 Å². The number of hydrogen-bond donors (Lipinski definition) is 0. The Hall–Kier alpha value is -1.59. The first-order valence-corrected chi connectivity index (χ1v) is 8.29. The number of carbonyl (C=O) groups excluding carboxylic acids is 3. The number of ether oxygens (including phenoxy) is 2. The highest BCUT2D eigenvalue weighted by Gasteiger charge is 2.32. The highest BCUT2D eigenvalue weighted by atomic mass is 16.6. The zero-order valence-electron chi connectivity index (χ0n) is 14.9. The third kappa shape index (κ3) is 6.59. The molecule has 23 heavy (non-hydrogen) atoms. The maximum atomic E-state index is 12.0. The minimum absolute atomic E-state index is 0.155. The monoisotopic (exact) mass is 327 g/mol. The second kappa shape index (κ2) is 8.31. The van der Waals surface area contributed by atoms with Crippen LogP contribution in [0.25, 0.3) is 0 Å². The lowest BCUT2D eigenvalue weighted by Gasteiger charge is -2.34. The molecule has 0 aromatic carbocycles. The Morgan fingerprint density at radius 3 is 2.17 bits per heavy atom. The van der Waals surface area contributed by atoms with Gasteiger partial charge in [0.1, 0.15) is 17.3 Å². The van der Waals surface area contributed by atoms with Crippen molar-refractivity contribution < 1.29 is 23.9 Å². The van der Waals surface area contributed by atoms with Crippen LogP contribution in [0.2, 0.25) is 0 Å². The van der Waals surface area contributed by atoms with E-state index in [1.54, 1.807) is 11.8 Å². The van der Waals surface area contributed by atoms with Crippen LogP contribution in [0, 0.1) is 11.8 Å². The van der Waals surface area contributed by atoms with Gasteiger partial charge >= 0.3 is 12.1 Å². The van der Waals surface area contributed by atoms with Crippen LogP contribution in [0.1, 0.15) is 53.9 Å². The van der Waals surface area contributed by atoms with Gasteiger partial charge in [-0.15, -0.1) is 0 Å². The number of hydrogen-bond acceptors (Lipinski definition) is 5. The molecule has 0 radical (unpaired) electrons. The predicted molar refractivity (Wildman–Crippen MR) is 86.0 cm³/mol. The molecule has 1 aliphatic heterocycles. The van der Waals surface area contributed by atoms with Gasteiger partial charge < -0.3 is 14.4 Å². The number of rotatable bonds is 5. The van der Waals surface area contributed by atoms with E-state index in [2.05, 4.69) is 0 Å². The molecule has 0 bridgehead atoms. The molecule has 1 saturated heterocycles. The van der Waals surface area contributed by atoms with Crippen LogP contribution in [0.3, 0.4) is 0 Å². The van der Waals surface area contributed by atoms with Crippen molar-refractivity contribution in [1.82, 2.24) is 4.90 Å². The van der Waals surface area contributed by atoms with Crippen molar-refractivity contribution in [1.29, 1.82) is 0 Å². The van der Waals surface area contributed by atoms with E-state index in [1.807, 2.05) is 20.8 Å². The van der Waals surface area contributed by atoms with Gasteiger partial charge in [0, 0.05) is 13.1 Å². The normalized spacial score (nSPS) is 17.5. The first-order chi connectivity index (χ1) is 10.6. The quantitative estimate of drug-likeness (QED) is 0.573. The van der Waals surface area contributed by atoms with Gasteiger partial charge in [-0.1, -0.05) is 0 Å². The molecule has 0 aromatic rings. The molecule has 1 aliphatic rings. The topological polar surface area (TPSA) is 72.9 Å². The van der Waals surface area contributed by atoms with Gasteiger partial charge in [-0.3, -0.25) is 9.59 Å². The predicted octanol–water partition coefficient (Wildman–Crippen LogP) is 2.79. The Labute approximate surface area is 138 Å². The number of piperidine rings is 1. The molecule has 6 heteroatoms. The third-order valence-corrected chi connectivity index (χ3v) is 3.90. The summed E-state index contributed by atoms with van der Waals surface area (Å²) in [5.41, 5.74) is -0.502. The number of Topliss-reactive ketones (excluding diaryl/α,β-unsaturated/α-hetero) is 1. The molecule has 0 aromatic heterocycles. The second-order valence-corrected chi connectivity index (χ2v) is 7.06. The van der Waals surface area contributed by atoms with E-state index in [1.165, 1.54) is 6.92 Å². The molecule has 0 spiro atoms. The number of nitrogens with zero attached hydrogens (tertiary/aromatic N) is 1. The van der Waals surface area contributed by atoms with E-state index < -0.39 is 17.5 Å². The minimum atomic E-state index is -0.687. The summed E-state index contributed by atoms with van der Waals surface area (Å²) in [4.78, 5) is 37.2. The lowest BCUT2D eigenvalue weighted by atomic mass is 9.85. The average Bonchev–Trinajstić information content (AvgIpc) is 2.43. The van der Waals surface area contributed by atoms with Crippen molar-refractivity contribution in [3.8, 4) is 0 Å². The maximum absolute atomic E-state index is 12.0. The van der Waals surface area contributed by atoms with Gasteiger partial charge in [-0.05, 0) is 59.8 Å². The summed E-state index contributed by atoms with van der Waals surface area (Å²) in [6.07, 6.45) is 1.73. The molecular formula is C17H29NO5. The Morgan fingerprint density at radius 2 is 1.74 bits per heavy atom. The molecule has 1 fully saturated rings. The molecule has 1 unspecified atom stereocenters. The van der Waals surface area contributed by atoms with Crippen molar-refractivity contribution >= 4 is 17.8 Å². The van der Waals surface area contributed by atoms with Gasteiger partial charge in [-0.2, -0.15) is 0 Å². The molecule has 1 atom stereocenters. The van der Waals surface area contributed by atoms with Crippen molar-refractivity contribution in [2.75, 3.05) is 19.7 Å². The Morgan fingerprint density at radius 1 is 1.17 bits per heavy atom. The van der Waals surface area contributed by atoms with Crippen LogP contribution >= 0.6 is 0 Å². The third-order valence-electron chi connectivity index (χ3n) is 3.90. The summed E-state index contributed by atoms with van der Waals surface area (Å²) < 4.78 is 10.3. The molecule has 1 amide bonds. The van der Waals surface area contributed by atoms with E-state index in [0.717, 1.165) is 12.8 Å². The van der Waals surface area contributed by atoms with Gasteiger partial charge in [0.15, 0.2) is 0 Å². The molecular weight excluding hydrogens is 298 g/mol. The van der Waals surface area contributed by atoms with E-state index in [-0.39, 0.29) is 24.4 Å². The largest absolute Gasteiger partial charge is 0.465 e. The number of carbonyl (C=O) groups is 3. The molecule has 132 valence electrons. The first kappa shape index (κ1) is 19.5. The summed E-state index contributed by atoms with van der Waals surface area (Å²) in [5, 5.41) is 0. The minimum Gasteiger partial charge on any atom is -0.465 e. The number of ketones is 1. The van der Waals surface area contributed by atoms with Crippen molar-refractivity contribution in [3.05, 3.63) is 0 Å². The number of amides is 1. The molecule has 1 rings (SSSR count). The SMILES string of the molecule is CCOC(=O)C(CC1CCN(C(=O)OC(C)(C)C)CC1)C(C)=O. The molecule has 6 nitrogen and oxygen atoms in total. The Kier molecular flexibility index (Phi) is 7.03. The van der Waals surface area contributed by atoms with Crippen LogP contribution < -0.4 is 0 Å². The first-order valence-electron chi connectivity index (χ1n) is 8.29. The fourth-order valence-electron chi connectivity index (χ4n) is 2.68. The molecule has 1 heterocycles. The Balaban J connectivity index is 2.50. The van der Waals surface area contributed by atoms with E-state index in [9.17, 15) is 14.4 Å². The number of likely N-dealkylation sites (tertiary alicyclic amines) is 1. The molecule has 0 saturated carbocycles. The zero-order chi connectivity index (χ0) is 17.6. The van der Waals surface area contributed by atoms with Gasteiger partial charge in [0.25, 0.3) is 0 Å². The lowest BCUT2D eigenvalue weighted by molar-refractivity contribution is -0.152. The van der Waals surface area contributed by atoms with Crippen LogP contribution in [0.4, 0.5) is 4.79 Å². The van der Waals surface area contributed by atoms with Crippen LogP contribution in [0.5, 0.6) is 0 Å². The van der Waals surface area contributed by atoms with Gasteiger partial charge in [0.05, 0.1) is 6.61 Å². The summed E-state index contributed by atoms with van der Waals surface area (Å²) in [7, 11) is 0. The van der Waals surface area contributed by atoms with Crippen molar-refractivity contribution in [3.63, 3.8) is 0 Å². The Bertz CT molecular complexity index is 433. The zero-order valence-corrected chi connectivity index (χ0v) is 14.9. The fourth-order valence-corrected chi connectivity index (χ4v) is 2.68. The highest BCUT2D eigenvalue weighted by molar-refractivity contribution is 5.97. The summed E-state index contributed by atoms with van der Waals surface area (Å²) in [6, 6.07) is 0. The van der Waals surface area contributed by atoms with Crippen molar-refractivity contribution in [2.45, 2.75) is 59.5 Å². The van der Waals surface area contributed by atoms with Crippen LogP contribution in [-0.2, 0) is 19.1 Å². The molecule has 0 N–H and O–H groups in total. The summed E-state index contributed by atoms with van der Waals surface area (Å²) in [5.74, 6) is -1.03. The van der Waals surface area contributed by atoms with Gasteiger partial charge in [-0.25, -0.2) is 4.79 Å². The average molecular weight is 327 g/mol. The summed E-state index contributed by atoms with van der Waals surface area (Å²) >= 11 is 0. The lowest BCUT2D eigenvalue weighted by Crippen LogP contribution is -2.42. The fraction of sp³-hybridized carbons (Fsp3) is 0.824. The van der Waals surface area contributed by atoms with Crippen molar-refractivity contribution in [2.24, 2.45) is 11.8 Å². The van der Waals surface area contributed by atoms with E-state index in [4.69, 9.17) is 9.47 Å².